The SMILES string of the molecule is CC(C)CN(CCCCC(C)(C)C#N)C1CCCC1. The molecule has 0 unspecified atom stereocenters. The van der Waals surface area contributed by atoms with Gasteiger partial charge in [0.05, 0.1) is 11.5 Å². The smallest absolute Gasteiger partial charge is 0.0683 e. The van der Waals surface area contributed by atoms with E-state index in [0.717, 1.165) is 18.4 Å². The van der Waals surface area contributed by atoms with Crippen molar-refractivity contribution in [3.05, 3.63) is 0 Å². The molecule has 2 heteroatoms. The predicted molar refractivity (Wildman–Crippen MR) is 81.9 cm³/mol. The van der Waals surface area contributed by atoms with Crippen molar-refractivity contribution < 1.29 is 0 Å². The molecule has 0 aromatic carbocycles. The summed E-state index contributed by atoms with van der Waals surface area (Å²) in [5.41, 5.74) is -0.143. The molecule has 0 N–H and O–H groups in total. The van der Waals surface area contributed by atoms with Crippen molar-refractivity contribution in [2.24, 2.45) is 11.3 Å². The average molecular weight is 264 g/mol. The average Bonchev–Trinajstić information content (AvgIpc) is 2.86. The van der Waals surface area contributed by atoms with E-state index in [1.165, 1.54) is 51.6 Å². The van der Waals surface area contributed by atoms with Crippen molar-refractivity contribution in [1.29, 1.82) is 5.26 Å². The van der Waals surface area contributed by atoms with Crippen molar-refractivity contribution in [2.45, 2.75) is 78.7 Å². The highest BCUT2D eigenvalue weighted by atomic mass is 15.2. The van der Waals surface area contributed by atoms with Crippen LogP contribution in [0.4, 0.5) is 0 Å². The molecule has 0 aromatic rings. The van der Waals surface area contributed by atoms with Gasteiger partial charge in [0.1, 0.15) is 0 Å². The normalized spacial score (nSPS) is 17.3. The molecule has 19 heavy (non-hydrogen) atoms. The maximum absolute atomic E-state index is 9.03. The summed E-state index contributed by atoms with van der Waals surface area (Å²) in [7, 11) is 0. The van der Waals surface area contributed by atoms with Gasteiger partial charge in [-0.1, -0.05) is 33.1 Å². The van der Waals surface area contributed by atoms with Crippen molar-refractivity contribution >= 4 is 0 Å². The lowest BCUT2D eigenvalue weighted by Crippen LogP contribution is -2.37. The third-order valence-electron chi connectivity index (χ3n) is 4.24. The molecule has 0 atom stereocenters. The number of hydrogen-bond donors (Lipinski definition) is 0. The number of nitriles is 1. The third kappa shape index (κ3) is 6.43. The summed E-state index contributed by atoms with van der Waals surface area (Å²) in [6.45, 7) is 11.2. The largest absolute Gasteiger partial charge is 0.300 e. The Morgan fingerprint density at radius 3 is 2.37 bits per heavy atom. The molecule has 1 aliphatic carbocycles. The van der Waals surface area contributed by atoms with Gasteiger partial charge >= 0.3 is 0 Å². The minimum absolute atomic E-state index is 0.143. The molecule has 0 heterocycles. The second kappa shape index (κ2) is 7.90. The second-order valence-electron chi connectivity index (χ2n) is 7.28. The Morgan fingerprint density at radius 1 is 1.21 bits per heavy atom. The van der Waals surface area contributed by atoms with E-state index in [-0.39, 0.29) is 5.41 Å². The van der Waals surface area contributed by atoms with Crippen molar-refractivity contribution in [1.82, 2.24) is 4.90 Å². The highest BCUT2D eigenvalue weighted by molar-refractivity contribution is 4.91. The number of hydrogen-bond acceptors (Lipinski definition) is 2. The van der Waals surface area contributed by atoms with E-state index >= 15 is 0 Å². The van der Waals surface area contributed by atoms with Gasteiger partial charge in [-0.25, -0.2) is 0 Å². The van der Waals surface area contributed by atoms with Crippen LogP contribution in [0.3, 0.4) is 0 Å². The molecular weight excluding hydrogens is 232 g/mol. The molecule has 1 aliphatic rings. The molecule has 0 saturated heterocycles. The second-order valence-corrected chi connectivity index (χ2v) is 7.28. The standard InChI is InChI=1S/C17H32N2/c1-15(2)13-19(16-9-5-6-10-16)12-8-7-11-17(3,4)14-18/h15-16H,5-13H2,1-4H3. The quantitative estimate of drug-likeness (QED) is 0.599. The lowest BCUT2D eigenvalue weighted by molar-refractivity contribution is 0.172. The van der Waals surface area contributed by atoms with Crippen LogP contribution < -0.4 is 0 Å². The van der Waals surface area contributed by atoms with Crippen LogP contribution in [0.25, 0.3) is 0 Å². The first-order valence-corrected chi connectivity index (χ1v) is 8.10. The van der Waals surface area contributed by atoms with Crippen LogP contribution in [0.1, 0.15) is 72.6 Å². The van der Waals surface area contributed by atoms with Crippen LogP contribution in [-0.4, -0.2) is 24.0 Å². The minimum Gasteiger partial charge on any atom is -0.300 e. The van der Waals surface area contributed by atoms with Crippen LogP contribution in [0.2, 0.25) is 0 Å². The van der Waals surface area contributed by atoms with Gasteiger partial charge in [-0.15, -0.1) is 0 Å². The van der Waals surface area contributed by atoms with Crippen LogP contribution in [0, 0.1) is 22.7 Å². The predicted octanol–water partition coefficient (Wildman–Crippen LogP) is 4.61. The molecule has 2 nitrogen and oxygen atoms in total. The van der Waals surface area contributed by atoms with Crippen LogP contribution in [-0.2, 0) is 0 Å². The van der Waals surface area contributed by atoms with Crippen molar-refractivity contribution in [3.8, 4) is 6.07 Å². The Labute approximate surface area is 120 Å². The molecule has 1 rings (SSSR count). The fourth-order valence-corrected chi connectivity index (χ4v) is 3.10. The van der Waals surface area contributed by atoms with E-state index in [0.29, 0.717) is 0 Å². The Balaban J connectivity index is 2.30. The first kappa shape index (κ1) is 16.5. The maximum atomic E-state index is 9.03. The lowest BCUT2D eigenvalue weighted by Gasteiger charge is -2.30. The minimum atomic E-state index is -0.143. The fourth-order valence-electron chi connectivity index (χ4n) is 3.10. The summed E-state index contributed by atoms with van der Waals surface area (Å²) in [5.74, 6) is 0.760. The number of rotatable bonds is 8. The molecular formula is C17H32N2. The van der Waals surface area contributed by atoms with Gasteiger partial charge in [-0.3, -0.25) is 0 Å². The molecule has 0 aliphatic heterocycles. The summed E-state index contributed by atoms with van der Waals surface area (Å²) in [6, 6.07) is 3.24. The van der Waals surface area contributed by atoms with Gasteiger partial charge in [-0.05, 0) is 52.0 Å². The molecule has 1 fully saturated rings. The summed E-state index contributed by atoms with van der Waals surface area (Å²) in [4.78, 5) is 2.72. The number of nitrogens with zero attached hydrogens (tertiary/aromatic N) is 2. The summed E-state index contributed by atoms with van der Waals surface area (Å²) in [5, 5.41) is 9.03. The van der Waals surface area contributed by atoms with E-state index < -0.39 is 0 Å². The highest BCUT2D eigenvalue weighted by Crippen LogP contribution is 2.26. The van der Waals surface area contributed by atoms with E-state index in [1.807, 2.05) is 0 Å². The lowest BCUT2D eigenvalue weighted by atomic mass is 9.89. The van der Waals surface area contributed by atoms with Gasteiger partial charge in [0.25, 0.3) is 0 Å². The van der Waals surface area contributed by atoms with Crippen LogP contribution >= 0.6 is 0 Å². The van der Waals surface area contributed by atoms with E-state index in [2.05, 4.69) is 38.7 Å². The summed E-state index contributed by atoms with van der Waals surface area (Å²) in [6.07, 6.45) is 9.09. The Kier molecular flexibility index (Phi) is 6.86. The Hall–Kier alpha value is -0.550. The van der Waals surface area contributed by atoms with Crippen LogP contribution in [0.5, 0.6) is 0 Å². The van der Waals surface area contributed by atoms with E-state index in [9.17, 15) is 0 Å². The van der Waals surface area contributed by atoms with Crippen molar-refractivity contribution in [3.63, 3.8) is 0 Å². The monoisotopic (exact) mass is 264 g/mol. The van der Waals surface area contributed by atoms with E-state index in [4.69, 9.17) is 5.26 Å². The molecule has 0 spiro atoms. The summed E-state index contributed by atoms with van der Waals surface area (Å²) < 4.78 is 0. The topological polar surface area (TPSA) is 27.0 Å². The number of unbranched alkanes of at least 4 members (excludes halogenated alkanes) is 1. The molecule has 110 valence electrons. The molecule has 1 saturated carbocycles. The first-order valence-electron chi connectivity index (χ1n) is 8.10. The van der Waals surface area contributed by atoms with Gasteiger partial charge in [0.2, 0.25) is 0 Å². The molecule has 0 aromatic heterocycles. The zero-order chi connectivity index (χ0) is 14.3. The van der Waals surface area contributed by atoms with Crippen LogP contribution in [0.15, 0.2) is 0 Å². The maximum Gasteiger partial charge on any atom is 0.0683 e. The van der Waals surface area contributed by atoms with Gasteiger partial charge < -0.3 is 4.90 Å². The third-order valence-corrected chi connectivity index (χ3v) is 4.24. The van der Waals surface area contributed by atoms with Gasteiger partial charge in [-0.2, -0.15) is 5.26 Å². The Bertz CT molecular complexity index is 282. The molecule has 0 amide bonds. The molecule has 0 radical (unpaired) electrons. The highest BCUT2D eigenvalue weighted by Gasteiger charge is 2.23. The Morgan fingerprint density at radius 2 is 1.84 bits per heavy atom. The van der Waals surface area contributed by atoms with Gasteiger partial charge in [0, 0.05) is 12.6 Å². The van der Waals surface area contributed by atoms with Gasteiger partial charge in [0.15, 0.2) is 0 Å². The fraction of sp³-hybridized carbons (Fsp3) is 0.941. The zero-order valence-electron chi connectivity index (χ0n) is 13.4. The first-order chi connectivity index (χ1) is 8.94. The summed E-state index contributed by atoms with van der Waals surface area (Å²) >= 11 is 0. The molecule has 0 bridgehead atoms. The van der Waals surface area contributed by atoms with E-state index in [1.54, 1.807) is 0 Å². The van der Waals surface area contributed by atoms with Crippen molar-refractivity contribution in [2.75, 3.05) is 13.1 Å². The zero-order valence-corrected chi connectivity index (χ0v) is 13.4.